The summed E-state index contributed by atoms with van der Waals surface area (Å²) in [5, 5.41) is 8.95. The molecule has 1 rings (SSSR count). The van der Waals surface area contributed by atoms with Crippen molar-refractivity contribution in [3.63, 3.8) is 0 Å². The maximum atomic E-state index is 11.8. The summed E-state index contributed by atoms with van der Waals surface area (Å²) >= 11 is 5.29. The van der Waals surface area contributed by atoms with Crippen molar-refractivity contribution in [1.82, 2.24) is 0 Å². The van der Waals surface area contributed by atoms with Crippen molar-refractivity contribution in [2.24, 2.45) is 5.92 Å². The van der Waals surface area contributed by atoms with Crippen LogP contribution >= 0.6 is 11.6 Å². The molecule has 1 saturated carbocycles. The fourth-order valence-corrected chi connectivity index (χ4v) is 2.55. The predicted octanol–water partition coefficient (Wildman–Crippen LogP) is 2.55. The smallest absolute Gasteiger partial charge is 0.337 e. The van der Waals surface area contributed by atoms with Crippen LogP contribution in [0, 0.1) is 5.92 Å². The van der Waals surface area contributed by atoms with Crippen LogP contribution in [0.5, 0.6) is 0 Å². The lowest BCUT2D eigenvalue weighted by molar-refractivity contribution is -0.163. The van der Waals surface area contributed by atoms with Gasteiger partial charge in [0, 0.05) is 0 Å². The fraction of sp³-hybridized carbons (Fsp3) is 0.733. The van der Waals surface area contributed by atoms with E-state index in [1.165, 1.54) is 12.8 Å². The molecule has 0 spiro atoms. The van der Waals surface area contributed by atoms with Gasteiger partial charge in [0.15, 0.2) is 5.56 Å². The van der Waals surface area contributed by atoms with E-state index in [9.17, 15) is 9.59 Å². The van der Waals surface area contributed by atoms with E-state index in [4.69, 9.17) is 26.2 Å². The van der Waals surface area contributed by atoms with E-state index in [1.54, 1.807) is 0 Å². The van der Waals surface area contributed by atoms with Crippen molar-refractivity contribution in [2.45, 2.75) is 57.1 Å². The van der Waals surface area contributed by atoms with Gasteiger partial charge in [0.2, 0.25) is 0 Å². The third-order valence-corrected chi connectivity index (χ3v) is 4.07. The Morgan fingerprint density at radius 2 is 1.95 bits per heavy atom. The first-order chi connectivity index (χ1) is 9.74. The van der Waals surface area contributed by atoms with Crippen molar-refractivity contribution < 1.29 is 24.2 Å². The molecule has 0 amide bonds. The molecule has 0 aromatic rings. The number of ether oxygens (including phenoxy) is 2. The summed E-state index contributed by atoms with van der Waals surface area (Å²) < 4.78 is 10.3. The molecule has 5 nitrogen and oxygen atoms in total. The zero-order valence-corrected chi connectivity index (χ0v) is 13.3. The van der Waals surface area contributed by atoms with Crippen molar-refractivity contribution in [3.8, 4) is 0 Å². The first kappa shape index (κ1) is 18.0. The average molecular weight is 319 g/mol. The molecule has 0 radical (unpaired) electrons. The van der Waals surface area contributed by atoms with Crippen LogP contribution in [0.2, 0.25) is 0 Å². The number of aliphatic hydroxyl groups excluding tert-OH is 1. The molecule has 1 unspecified atom stereocenters. The van der Waals surface area contributed by atoms with Crippen LogP contribution in [0.4, 0.5) is 0 Å². The Hall–Kier alpha value is -1.07. The van der Waals surface area contributed by atoms with E-state index in [0.717, 1.165) is 12.8 Å². The summed E-state index contributed by atoms with van der Waals surface area (Å²) in [6, 6.07) is 0. The summed E-state index contributed by atoms with van der Waals surface area (Å²) in [5.41, 5.74) is -2.23. The molecule has 0 bridgehead atoms. The molecule has 0 saturated heterocycles. The van der Waals surface area contributed by atoms with Gasteiger partial charge in [0.1, 0.15) is 12.2 Å². The van der Waals surface area contributed by atoms with E-state index in [2.05, 4.69) is 6.58 Å². The zero-order chi connectivity index (χ0) is 16.0. The minimum absolute atomic E-state index is 0.0342. The van der Waals surface area contributed by atoms with Gasteiger partial charge < -0.3 is 14.6 Å². The lowest BCUT2D eigenvalue weighted by Crippen LogP contribution is -2.35. The number of carbonyl (C=O) groups is 2. The van der Waals surface area contributed by atoms with E-state index >= 15 is 0 Å². The van der Waals surface area contributed by atoms with E-state index < -0.39 is 23.1 Å². The maximum absolute atomic E-state index is 11.8. The number of hydrogen-bond donors (Lipinski definition) is 1. The first-order valence-electron chi connectivity index (χ1n) is 7.14. The first-order valence-corrected chi connectivity index (χ1v) is 7.57. The molecule has 1 N–H and O–H groups in total. The summed E-state index contributed by atoms with van der Waals surface area (Å²) in [5.74, 6) is -0.840. The number of carbonyl (C=O) groups excluding carboxylic acids is 2. The highest BCUT2D eigenvalue weighted by Crippen LogP contribution is 2.36. The van der Waals surface area contributed by atoms with Crippen molar-refractivity contribution >= 4 is 23.5 Å². The Morgan fingerprint density at radius 1 is 1.38 bits per heavy atom. The molecule has 1 aliphatic carbocycles. The topological polar surface area (TPSA) is 72.8 Å². The van der Waals surface area contributed by atoms with E-state index in [-0.39, 0.29) is 18.6 Å². The van der Waals surface area contributed by atoms with Crippen LogP contribution in [0.25, 0.3) is 0 Å². The van der Waals surface area contributed by atoms with Crippen LogP contribution in [-0.4, -0.2) is 34.8 Å². The van der Waals surface area contributed by atoms with E-state index in [0.29, 0.717) is 5.92 Å². The fourth-order valence-electron chi connectivity index (χ4n) is 2.47. The zero-order valence-electron chi connectivity index (χ0n) is 12.6. The van der Waals surface area contributed by atoms with Gasteiger partial charge in [-0.15, -0.1) is 0 Å². The highest BCUT2D eigenvalue weighted by molar-refractivity contribution is 6.23. The van der Waals surface area contributed by atoms with Crippen LogP contribution < -0.4 is 0 Å². The van der Waals surface area contributed by atoms with Gasteiger partial charge in [-0.25, -0.2) is 4.79 Å². The van der Waals surface area contributed by atoms with Crippen LogP contribution in [0.3, 0.4) is 0 Å². The Morgan fingerprint density at radius 3 is 2.48 bits per heavy atom. The lowest BCUT2D eigenvalue weighted by Gasteiger charge is -2.31. The number of hydrogen-bond acceptors (Lipinski definition) is 5. The molecule has 21 heavy (non-hydrogen) atoms. The molecule has 1 atom stereocenters. The second-order valence-electron chi connectivity index (χ2n) is 5.81. The van der Waals surface area contributed by atoms with Gasteiger partial charge in [-0.1, -0.05) is 31.0 Å². The Labute approximate surface area is 130 Å². The standard InChI is InChI=1S/C15H23ClO5/c1-10(13(16)18)14(19)20-9-8-12(17)21-15(2,3)11-6-4-5-7-11/h11,13,18H,1,4-9H2,2-3H3. The third kappa shape index (κ3) is 5.67. The van der Waals surface area contributed by atoms with Crippen molar-refractivity contribution in [1.29, 1.82) is 0 Å². The van der Waals surface area contributed by atoms with Crippen LogP contribution in [-0.2, 0) is 19.1 Å². The molecular weight excluding hydrogens is 296 g/mol. The Balaban J connectivity index is 2.31. The number of rotatable bonds is 7. The van der Waals surface area contributed by atoms with Gasteiger partial charge in [0.25, 0.3) is 0 Å². The van der Waals surface area contributed by atoms with Gasteiger partial charge in [-0.2, -0.15) is 0 Å². The SMILES string of the molecule is C=C(C(=O)OCCC(=O)OC(C)(C)C1CCCC1)C(O)Cl. The van der Waals surface area contributed by atoms with Gasteiger partial charge >= 0.3 is 11.9 Å². The third-order valence-electron chi connectivity index (χ3n) is 3.80. The molecule has 0 heterocycles. The summed E-state index contributed by atoms with van der Waals surface area (Å²) in [6.07, 6.45) is 4.46. The van der Waals surface area contributed by atoms with Gasteiger partial charge in [-0.3, -0.25) is 4.79 Å². The Bertz CT molecular complexity index is 397. The van der Waals surface area contributed by atoms with Gasteiger partial charge in [-0.05, 0) is 32.6 Å². The number of halogens is 1. The summed E-state index contributed by atoms with van der Waals surface area (Å²) in [4.78, 5) is 23.1. The average Bonchev–Trinajstić information content (AvgIpc) is 2.91. The largest absolute Gasteiger partial charge is 0.462 e. The summed E-state index contributed by atoms with van der Waals surface area (Å²) in [7, 11) is 0. The molecule has 0 aromatic heterocycles. The van der Waals surface area contributed by atoms with E-state index in [1.807, 2.05) is 13.8 Å². The molecule has 0 aliphatic heterocycles. The normalized spacial score (nSPS) is 17.3. The quantitative estimate of drug-likeness (QED) is 0.443. The number of aliphatic hydroxyl groups is 1. The minimum atomic E-state index is -1.48. The molecular formula is C15H23ClO5. The van der Waals surface area contributed by atoms with Crippen molar-refractivity contribution in [3.05, 3.63) is 12.2 Å². The van der Waals surface area contributed by atoms with Crippen molar-refractivity contribution in [2.75, 3.05) is 6.61 Å². The molecule has 1 aliphatic rings. The monoisotopic (exact) mass is 318 g/mol. The van der Waals surface area contributed by atoms with Crippen LogP contribution in [0.15, 0.2) is 12.2 Å². The number of alkyl halides is 1. The number of esters is 2. The maximum Gasteiger partial charge on any atom is 0.337 e. The van der Waals surface area contributed by atoms with Gasteiger partial charge in [0.05, 0.1) is 12.0 Å². The molecule has 0 aromatic carbocycles. The molecule has 1 fully saturated rings. The highest BCUT2D eigenvalue weighted by Gasteiger charge is 2.35. The minimum Gasteiger partial charge on any atom is -0.462 e. The highest BCUT2D eigenvalue weighted by atomic mass is 35.5. The predicted molar refractivity (Wildman–Crippen MR) is 78.7 cm³/mol. The summed E-state index contributed by atoms with van der Waals surface area (Å²) in [6.45, 7) is 7.00. The molecule has 120 valence electrons. The lowest BCUT2D eigenvalue weighted by atomic mass is 9.89. The Kier molecular flexibility index (Phi) is 6.68. The van der Waals surface area contributed by atoms with Crippen LogP contribution in [0.1, 0.15) is 46.0 Å². The second kappa shape index (κ2) is 7.80. The second-order valence-corrected chi connectivity index (χ2v) is 6.22. The molecule has 6 heteroatoms.